The zero-order valence-corrected chi connectivity index (χ0v) is 15.4. The molecule has 0 amide bonds. The van der Waals surface area contributed by atoms with E-state index >= 15 is 0 Å². The Morgan fingerprint density at radius 1 is 1.00 bits per heavy atom. The SMILES string of the molecule is CC(C)(C)CC(C)(C)c1cc(O)c(C23CCC(CC2)C3)cc1O. The highest BCUT2D eigenvalue weighted by atomic mass is 16.3. The molecule has 0 spiro atoms. The number of hydrogen-bond donors (Lipinski definition) is 2. The fraction of sp³-hybridized carbons (Fsp3) is 0.714. The third-order valence-corrected chi connectivity index (χ3v) is 6.13. The van der Waals surface area contributed by atoms with E-state index in [0.29, 0.717) is 11.5 Å². The van der Waals surface area contributed by atoms with Crippen molar-refractivity contribution in [3.63, 3.8) is 0 Å². The predicted molar refractivity (Wildman–Crippen MR) is 95.1 cm³/mol. The lowest BCUT2D eigenvalue weighted by atomic mass is 9.70. The average molecular weight is 316 g/mol. The minimum Gasteiger partial charge on any atom is -0.508 e. The minimum absolute atomic E-state index is 0.124. The Morgan fingerprint density at radius 2 is 1.61 bits per heavy atom. The summed E-state index contributed by atoms with van der Waals surface area (Å²) in [5.74, 6) is 1.58. The van der Waals surface area contributed by atoms with Gasteiger partial charge in [-0.3, -0.25) is 0 Å². The van der Waals surface area contributed by atoms with Gasteiger partial charge in [-0.1, -0.05) is 34.6 Å². The van der Waals surface area contributed by atoms with Crippen molar-refractivity contribution >= 4 is 0 Å². The Labute approximate surface area is 140 Å². The van der Waals surface area contributed by atoms with Gasteiger partial charge in [-0.25, -0.2) is 0 Å². The van der Waals surface area contributed by atoms with Crippen molar-refractivity contribution in [1.82, 2.24) is 0 Å². The minimum atomic E-state index is -0.163. The van der Waals surface area contributed by atoms with Crippen LogP contribution in [-0.4, -0.2) is 10.2 Å². The molecule has 2 N–H and O–H groups in total. The Bertz CT molecular complexity index is 599. The first-order valence-corrected chi connectivity index (χ1v) is 9.09. The first-order chi connectivity index (χ1) is 10.5. The van der Waals surface area contributed by atoms with Gasteiger partial charge >= 0.3 is 0 Å². The summed E-state index contributed by atoms with van der Waals surface area (Å²) in [6, 6.07) is 3.72. The molecular weight excluding hydrogens is 284 g/mol. The fourth-order valence-electron chi connectivity index (χ4n) is 5.54. The van der Waals surface area contributed by atoms with E-state index < -0.39 is 0 Å². The molecule has 2 saturated carbocycles. The molecule has 2 heteroatoms. The third-order valence-electron chi connectivity index (χ3n) is 6.13. The van der Waals surface area contributed by atoms with Gasteiger partial charge < -0.3 is 10.2 Å². The number of phenolic OH excluding ortho intramolecular Hbond substituents is 2. The summed E-state index contributed by atoms with van der Waals surface area (Å²) < 4.78 is 0. The van der Waals surface area contributed by atoms with Gasteiger partial charge in [0.1, 0.15) is 11.5 Å². The highest BCUT2D eigenvalue weighted by Crippen LogP contribution is 2.58. The molecule has 0 unspecified atom stereocenters. The van der Waals surface area contributed by atoms with Crippen molar-refractivity contribution in [2.75, 3.05) is 0 Å². The smallest absolute Gasteiger partial charge is 0.119 e. The molecule has 0 aliphatic heterocycles. The highest BCUT2D eigenvalue weighted by molar-refractivity contribution is 5.52. The van der Waals surface area contributed by atoms with Crippen LogP contribution in [0.2, 0.25) is 0 Å². The van der Waals surface area contributed by atoms with Gasteiger partial charge in [0.15, 0.2) is 0 Å². The molecule has 1 aromatic rings. The summed E-state index contributed by atoms with van der Waals surface area (Å²) in [4.78, 5) is 0. The molecule has 2 nitrogen and oxygen atoms in total. The maximum Gasteiger partial charge on any atom is 0.119 e. The van der Waals surface area contributed by atoms with Crippen molar-refractivity contribution in [1.29, 1.82) is 0 Å². The topological polar surface area (TPSA) is 40.5 Å². The number of benzene rings is 1. The van der Waals surface area contributed by atoms with Crippen LogP contribution in [0.4, 0.5) is 0 Å². The third kappa shape index (κ3) is 2.97. The van der Waals surface area contributed by atoms with E-state index in [1.807, 2.05) is 12.1 Å². The highest BCUT2D eigenvalue weighted by Gasteiger charge is 2.47. The molecule has 0 atom stereocenters. The molecular formula is C21H32O2. The summed E-state index contributed by atoms with van der Waals surface area (Å²) in [6.45, 7) is 11.0. The molecule has 2 aliphatic rings. The van der Waals surface area contributed by atoms with E-state index in [-0.39, 0.29) is 16.2 Å². The molecule has 0 aromatic heterocycles. The first-order valence-electron chi connectivity index (χ1n) is 9.09. The summed E-state index contributed by atoms with van der Waals surface area (Å²) in [5, 5.41) is 21.5. The molecule has 2 fully saturated rings. The van der Waals surface area contributed by atoms with Crippen LogP contribution in [0.25, 0.3) is 0 Å². The molecule has 1 aromatic carbocycles. The van der Waals surface area contributed by atoms with E-state index in [0.717, 1.165) is 36.3 Å². The number of fused-ring (bicyclic) bond motifs is 2. The van der Waals surface area contributed by atoms with Crippen molar-refractivity contribution in [3.05, 3.63) is 23.3 Å². The van der Waals surface area contributed by atoms with Crippen LogP contribution in [-0.2, 0) is 10.8 Å². The van der Waals surface area contributed by atoms with E-state index in [2.05, 4.69) is 34.6 Å². The molecule has 3 rings (SSSR count). The van der Waals surface area contributed by atoms with E-state index in [1.54, 1.807) is 0 Å². The summed E-state index contributed by atoms with van der Waals surface area (Å²) >= 11 is 0. The lowest BCUT2D eigenvalue weighted by Gasteiger charge is -2.35. The number of hydrogen-bond acceptors (Lipinski definition) is 2. The van der Waals surface area contributed by atoms with Gasteiger partial charge in [-0.05, 0) is 72.8 Å². The lowest BCUT2D eigenvalue weighted by molar-refractivity contribution is 0.277. The second-order valence-electron chi connectivity index (χ2n) is 9.94. The van der Waals surface area contributed by atoms with Crippen molar-refractivity contribution in [2.45, 2.75) is 84.0 Å². The van der Waals surface area contributed by atoms with E-state index in [9.17, 15) is 10.2 Å². The van der Waals surface area contributed by atoms with Crippen LogP contribution in [0, 0.1) is 11.3 Å². The number of rotatable bonds is 3. The molecule has 23 heavy (non-hydrogen) atoms. The second kappa shape index (κ2) is 5.16. The monoisotopic (exact) mass is 316 g/mol. The van der Waals surface area contributed by atoms with Crippen molar-refractivity contribution in [2.24, 2.45) is 11.3 Å². The maximum absolute atomic E-state index is 10.7. The van der Waals surface area contributed by atoms with Gasteiger partial charge in [0.25, 0.3) is 0 Å². The molecule has 0 heterocycles. The van der Waals surface area contributed by atoms with Crippen LogP contribution < -0.4 is 0 Å². The zero-order valence-electron chi connectivity index (χ0n) is 15.4. The van der Waals surface area contributed by atoms with E-state index in [1.165, 1.54) is 19.3 Å². The van der Waals surface area contributed by atoms with Gasteiger partial charge in [-0.2, -0.15) is 0 Å². The second-order valence-corrected chi connectivity index (χ2v) is 9.94. The lowest BCUT2D eigenvalue weighted by Crippen LogP contribution is -2.26. The van der Waals surface area contributed by atoms with Gasteiger partial charge in [0.05, 0.1) is 0 Å². The summed E-state index contributed by atoms with van der Waals surface area (Å²) in [7, 11) is 0. The fourth-order valence-corrected chi connectivity index (χ4v) is 5.54. The predicted octanol–water partition coefficient (Wildman–Crippen LogP) is 5.64. The Kier molecular flexibility index (Phi) is 3.74. The number of aromatic hydroxyl groups is 2. The number of phenols is 2. The Morgan fingerprint density at radius 3 is 2.09 bits per heavy atom. The van der Waals surface area contributed by atoms with Crippen LogP contribution in [0.3, 0.4) is 0 Å². The first kappa shape index (κ1) is 16.7. The van der Waals surface area contributed by atoms with Crippen molar-refractivity contribution < 1.29 is 10.2 Å². The molecule has 2 bridgehead atoms. The normalized spacial score (nSPS) is 27.6. The maximum atomic E-state index is 10.7. The van der Waals surface area contributed by atoms with Crippen molar-refractivity contribution in [3.8, 4) is 11.5 Å². The van der Waals surface area contributed by atoms with Gasteiger partial charge in [-0.15, -0.1) is 0 Å². The van der Waals surface area contributed by atoms with E-state index in [4.69, 9.17) is 0 Å². The molecule has 0 saturated heterocycles. The van der Waals surface area contributed by atoms with Gasteiger partial charge in [0, 0.05) is 11.1 Å². The molecule has 2 aliphatic carbocycles. The molecule has 0 radical (unpaired) electrons. The molecule has 128 valence electrons. The zero-order chi connectivity index (χ0) is 17.0. The van der Waals surface area contributed by atoms with Crippen LogP contribution in [0.1, 0.15) is 84.3 Å². The van der Waals surface area contributed by atoms with Crippen LogP contribution >= 0.6 is 0 Å². The quantitative estimate of drug-likeness (QED) is 0.708. The standard InChI is InChI=1S/C21H32O2/c1-19(2,3)13-20(4,5)15-10-18(23)16(11-17(15)22)21-8-6-14(12-21)7-9-21/h10-11,14,22-23H,6-9,12-13H2,1-5H3. The summed E-state index contributed by atoms with van der Waals surface area (Å²) in [6.07, 6.45) is 7.02. The summed E-state index contributed by atoms with van der Waals surface area (Å²) in [5.41, 5.74) is 2.00. The average Bonchev–Trinajstić information content (AvgIpc) is 2.99. The van der Waals surface area contributed by atoms with Gasteiger partial charge in [0.2, 0.25) is 0 Å². The largest absolute Gasteiger partial charge is 0.508 e. The Hall–Kier alpha value is -1.18. The van der Waals surface area contributed by atoms with Crippen LogP contribution in [0.15, 0.2) is 12.1 Å². The Balaban J connectivity index is 1.98. The van der Waals surface area contributed by atoms with Crippen LogP contribution in [0.5, 0.6) is 11.5 Å².